The molecule has 3 fully saturated rings. The number of nitrogens with zero attached hydrogens (tertiary/aromatic N) is 8. The third-order valence-electron chi connectivity index (χ3n) is 15.5. The summed E-state index contributed by atoms with van der Waals surface area (Å²) in [5.74, 6) is -0.822. The Morgan fingerprint density at radius 2 is 1.83 bits per heavy atom. The van der Waals surface area contributed by atoms with Crippen LogP contribution in [0, 0.1) is 23.0 Å². The number of aryl methyl sites for hydroxylation is 1. The number of carbonyl (C=O) groups excluding carboxylic acids is 2. The van der Waals surface area contributed by atoms with Crippen molar-refractivity contribution in [1.29, 1.82) is 5.26 Å². The second-order valence-corrected chi connectivity index (χ2v) is 21.3. The number of rotatable bonds is 14. The molecule has 16 nitrogen and oxygen atoms in total. The van der Waals surface area contributed by atoms with Gasteiger partial charge < -0.3 is 39.4 Å². The number of aliphatic hydroxyl groups excluding tert-OH is 1. The van der Waals surface area contributed by atoms with E-state index < -0.39 is 17.7 Å². The van der Waals surface area contributed by atoms with Gasteiger partial charge in [-0.2, -0.15) is 15.2 Å². The maximum Gasteiger partial charge on any atom is 0.319 e. The highest BCUT2D eigenvalue weighted by Crippen LogP contribution is 2.47. The number of piperazine rings is 1. The summed E-state index contributed by atoms with van der Waals surface area (Å²) in [5, 5.41) is 22.0. The molecule has 2 atom stereocenters. The van der Waals surface area contributed by atoms with Gasteiger partial charge in [0.05, 0.1) is 55.9 Å². The van der Waals surface area contributed by atoms with E-state index in [1.54, 1.807) is 34.6 Å². The second-order valence-electron chi connectivity index (χ2n) is 19.8. The van der Waals surface area contributed by atoms with Crippen LogP contribution in [0.1, 0.15) is 94.2 Å². The Morgan fingerprint density at radius 1 is 1.06 bits per heavy atom. The lowest BCUT2D eigenvalue weighted by Gasteiger charge is -2.41. The molecule has 20 heteroatoms. The van der Waals surface area contributed by atoms with E-state index in [0.717, 1.165) is 66.6 Å². The highest BCUT2D eigenvalue weighted by molar-refractivity contribution is 7.23. The van der Waals surface area contributed by atoms with Crippen molar-refractivity contribution in [1.82, 2.24) is 29.3 Å². The number of ether oxygens (including phenoxy) is 3. The van der Waals surface area contributed by atoms with Crippen molar-refractivity contribution < 1.29 is 37.7 Å². The smallest absolute Gasteiger partial charge is 0.319 e. The van der Waals surface area contributed by atoms with Gasteiger partial charge in [-0.05, 0) is 112 Å². The Bertz CT molecular complexity index is 3660. The van der Waals surface area contributed by atoms with Crippen molar-refractivity contribution in [2.45, 2.75) is 97.6 Å². The molecule has 2 unspecified atom stereocenters. The molecular weight excluding hydrogens is 1030 g/mol. The number of nitrogens with two attached hydrogens (primary N) is 1. The lowest BCUT2D eigenvalue weighted by molar-refractivity contribution is -0.130. The van der Waals surface area contributed by atoms with Crippen LogP contribution in [0.25, 0.3) is 54.4 Å². The van der Waals surface area contributed by atoms with Crippen LogP contribution in [0.2, 0.25) is 5.02 Å². The van der Waals surface area contributed by atoms with E-state index in [0.29, 0.717) is 59.0 Å². The first kappa shape index (κ1) is 53.2. The maximum atomic E-state index is 17.5. The molecule has 3 N–H and O–H groups in total. The topological polar surface area (TPSA) is 202 Å². The fourth-order valence-electron chi connectivity index (χ4n) is 11.8. The number of nitrogen functional groups attached to an aromatic ring is 1. The van der Waals surface area contributed by atoms with E-state index in [-0.39, 0.29) is 122 Å². The van der Waals surface area contributed by atoms with Gasteiger partial charge in [-0.15, -0.1) is 11.3 Å². The average Bonchev–Trinajstić information content (AvgIpc) is 4.27. The van der Waals surface area contributed by atoms with Crippen molar-refractivity contribution in [3.8, 4) is 40.3 Å². The normalized spacial score (nSPS) is 16.9. The van der Waals surface area contributed by atoms with Gasteiger partial charge in [-0.3, -0.25) is 19.3 Å². The second kappa shape index (κ2) is 21.3. The zero-order chi connectivity index (χ0) is 54.6. The zero-order valence-electron chi connectivity index (χ0n) is 43.5. The standard InChI is InChI=1S/C55H52ClF2N9O7S.C2H6/c1-5-32-35-18-31(8-11-42(35)61-47-38(32)23-67-43(47)20-34(30(4)69)39(53(67)71)25-72-27-68)73-24-28(2)52(70)64-16-17-66(29(3)22-64)51-36-19-40(56)45(33-9-10-41(57)49-44(33)37(21-59)50(60)75-49)46(58)48(36)62-54(63-51)74-26-55-12-6-14-65(55)15-7-13-55;1-2/h8-11,18-20,27,29-30,69H,2,5-7,12-17,22-26,60H2,1,3-4H3;1-2H3. The predicted octanol–water partition coefficient (Wildman–Crippen LogP) is 9.63. The predicted molar refractivity (Wildman–Crippen MR) is 293 cm³/mol. The van der Waals surface area contributed by atoms with Gasteiger partial charge >= 0.3 is 6.01 Å². The number of benzene rings is 3. The summed E-state index contributed by atoms with van der Waals surface area (Å²) in [6.07, 6.45) is 3.67. The largest absolute Gasteiger partial charge is 0.489 e. The summed E-state index contributed by atoms with van der Waals surface area (Å²) in [4.78, 5) is 59.6. The number of hydrogen-bond acceptors (Lipinski definition) is 15. The van der Waals surface area contributed by atoms with Gasteiger partial charge in [0, 0.05) is 58.5 Å². The van der Waals surface area contributed by atoms with Crippen molar-refractivity contribution in [3.63, 3.8) is 0 Å². The third-order valence-corrected chi connectivity index (χ3v) is 16.8. The van der Waals surface area contributed by atoms with Crippen LogP contribution in [0.3, 0.4) is 0 Å². The minimum absolute atomic E-state index is 0.00570. The molecule has 0 radical (unpaired) electrons. The molecule has 0 saturated carbocycles. The molecule has 11 rings (SSSR count). The molecule has 7 aromatic rings. The lowest BCUT2D eigenvalue weighted by Crippen LogP contribution is -2.54. The number of aromatic nitrogens is 4. The molecule has 0 spiro atoms. The first-order valence-corrected chi connectivity index (χ1v) is 27.1. The van der Waals surface area contributed by atoms with Crippen LogP contribution in [0.4, 0.5) is 19.6 Å². The Labute approximate surface area is 452 Å². The highest BCUT2D eigenvalue weighted by Gasteiger charge is 2.45. The molecule has 3 aromatic carbocycles. The SMILES string of the molecule is C=C(COc1ccc2nc3c(c(CC)c2c1)Cn1c-3cc(C(C)O)c(COC=O)c1=O)C(=O)N1CCN(c2nc(OCC34CCCN3CCC4)nc3c(F)c(-c4ccc(F)c5sc(N)c(C#N)c45)c(Cl)cc23)C(C)C1.CC. The van der Waals surface area contributed by atoms with Crippen molar-refractivity contribution in [3.05, 3.63) is 109 Å². The molecule has 1 amide bonds. The molecule has 4 aliphatic rings. The number of fused-ring (bicyclic) bond motifs is 7. The summed E-state index contributed by atoms with van der Waals surface area (Å²) in [5.41, 5.74) is 10.3. The molecule has 400 valence electrons. The highest BCUT2D eigenvalue weighted by atomic mass is 35.5. The van der Waals surface area contributed by atoms with Crippen LogP contribution in [-0.4, -0.2) is 104 Å². The van der Waals surface area contributed by atoms with Gasteiger partial charge in [0.15, 0.2) is 5.82 Å². The molecule has 4 aromatic heterocycles. The van der Waals surface area contributed by atoms with Gasteiger partial charge in [0.25, 0.3) is 17.9 Å². The van der Waals surface area contributed by atoms with Crippen LogP contribution in [0.15, 0.2) is 59.4 Å². The Kier molecular flexibility index (Phi) is 14.7. The summed E-state index contributed by atoms with van der Waals surface area (Å²) < 4.78 is 51.9. The number of nitriles is 1. The molecule has 8 heterocycles. The van der Waals surface area contributed by atoms with E-state index in [2.05, 4.69) is 22.5 Å². The summed E-state index contributed by atoms with van der Waals surface area (Å²) in [6.45, 7) is 16.9. The fraction of sp³-hybridized carbons (Fsp3) is 0.386. The van der Waals surface area contributed by atoms with E-state index >= 15 is 8.78 Å². The minimum Gasteiger partial charge on any atom is -0.489 e. The van der Waals surface area contributed by atoms with Crippen molar-refractivity contribution in [2.24, 2.45) is 0 Å². The number of anilines is 2. The molecule has 3 saturated heterocycles. The van der Waals surface area contributed by atoms with E-state index in [1.165, 1.54) is 12.1 Å². The Morgan fingerprint density at radius 3 is 2.53 bits per heavy atom. The number of aliphatic hydroxyl groups is 1. The van der Waals surface area contributed by atoms with Gasteiger partial charge in [-0.25, -0.2) is 13.8 Å². The molecule has 77 heavy (non-hydrogen) atoms. The van der Waals surface area contributed by atoms with E-state index in [4.69, 9.17) is 41.5 Å². The molecular formula is C57H58ClF2N9O7S. The number of pyridine rings is 2. The number of hydrogen-bond donors (Lipinski definition) is 2. The third kappa shape index (κ3) is 9.18. The number of carbonyl (C=O) groups is 2. The number of halogens is 3. The van der Waals surface area contributed by atoms with Crippen LogP contribution < -0.4 is 25.7 Å². The van der Waals surface area contributed by atoms with Gasteiger partial charge in [0.1, 0.15) is 53.8 Å². The van der Waals surface area contributed by atoms with E-state index in [1.807, 2.05) is 44.7 Å². The Hall–Kier alpha value is -7.24. The summed E-state index contributed by atoms with van der Waals surface area (Å²) >= 11 is 7.92. The van der Waals surface area contributed by atoms with Gasteiger partial charge in [-0.1, -0.05) is 45.0 Å². The maximum absolute atomic E-state index is 17.5. The monoisotopic (exact) mass is 1090 g/mol. The molecule has 0 aliphatic carbocycles. The minimum atomic E-state index is -0.984. The lowest BCUT2D eigenvalue weighted by atomic mass is 9.95. The number of thiophene rings is 1. The number of amides is 1. The molecule has 4 aliphatic heterocycles. The first-order chi connectivity index (χ1) is 37.1. The van der Waals surface area contributed by atoms with Gasteiger partial charge in [0.2, 0.25) is 0 Å². The quantitative estimate of drug-likeness (QED) is 0.0770. The van der Waals surface area contributed by atoms with E-state index in [9.17, 15) is 24.8 Å². The zero-order valence-corrected chi connectivity index (χ0v) is 45.0. The van der Waals surface area contributed by atoms with Crippen LogP contribution in [-0.2, 0) is 33.9 Å². The Balaban J connectivity index is 0.00000332. The van der Waals surface area contributed by atoms with Crippen molar-refractivity contribution in [2.75, 3.05) is 56.6 Å². The summed E-state index contributed by atoms with van der Waals surface area (Å²) in [6, 6.07) is 13.1. The summed E-state index contributed by atoms with van der Waals surface area (Å²) in [7, 11) is 0. The fourth-order valence-corrected chi connectivity index (χ4v) is 13.1. The first-order valence-electron chi connectivity index (χ1n) is 26.0. The van der Waals surface area contributed by atoms with Crippen LogP contribution in [0.5, 0.6) is 11.8 Å². The van der Waals surface area contributed by atoms with Crippen LogP contribution >= 0.6 is 22.9 Å². The van der Waals surface area contributed by atoms with Crippen molar-refractivity contribution >= 4 is 78.0 Å². The molecule has 0 bridgehead atoms. The average molecular weight is 1090 g/mol.